The van der Waals surface area contributed by atoms with Gasteiger partial charge in [-0.2, -0.15) is 0 Å². The van der Waals surface area contributed by atoms with Crippen LogP contribution in [0.5, 0.6) is 0 Å². The Balaban J connectivity index is 1.52. The van der Waals surface area contributed by atoms with Gasteiger partial charge in [-0.1, -0.05) is 50.1 Å². The fraction of sp³-hybridized carbons (Fsp3) is 0.424. The second-order valence-electron chi connectivity index (χ2n) is 13.6. The maximum atomic E-state index is 15.3. The second kappa shape index (κ2) is 11.5. The zero-order valence-electron chi connectivity index (χ0n) is 26.3. The predicted octanol–water partition coefficient (Wildman–Crippen LogP) is 8.15. The van der Waals surface area contributed by atoms with Gasteiger partial charge >= 0.3 is 0 Å². The van der Waals surface area contributed by atoms with Gasteiger partial charge in [0, 0.05) is 22.2 Å². The monoisotopic (exact) mass is 657 g/mol. The van der Waals surface area contributed by atoms with Crippen molar-refractivity contribution in [2.45, 2.75) is 94.7 Å². The average Bonchev–Trinajstić information content (AvgIpc) is 3.31. The third-order valence-corrected chi connectivity index (χ3v) is 15.8. The number of hydrogen-bond acceptors (Lipinski definition) is 6. The van der Waals surface area contributed by atoms with E-state index in [4.69, 9.17) is 16.0 Å². The number of aliphatic hydroxyl groups is 1. The van der Waals surface area contributed by atoms with E-state index in [1.165, 1.54) is 10.2 Å². The minimum Gasteiger partial charge on any atom is -0.409 e. The number of benzene rings is 2. The molecule has 0 bridgehead atoms. The van der Waals surface area contributed by atoms with Gasteiger partial charge in [-0.05, 0) is 87.6 Å². The third-order valence-electron chi connectivity index (χ3n) is 9.27. The fourth-order valence-electron chi connectivity index (χ4n) is 5.70. The number of fused-ring (bicyclic) bond motifs is 1. The smallest absolute Gasteiger partial charge is 0.268 e. The van der Waals surface area contributed by atoms with Crippen molar-refractivity contribution in [2.75, 3.05) is 5.32 Å². The molecular weight excluding hydrogens is 617 g/mol. The highest BCUT2D eigenvalue weighted by molar-refractivity contribution is 7.90. The molecule has 0 radical (unpaired) electrons. The van der Waals surface area contributed by atoms with E-state index < -0.39 is 41.9 Å². The molecule has 1 fully saturated rings. The topological polar surface area (TPSA) is 93.5 Å². The number of rotatable bonds is 7. The molecule has 1 aliphatic carbocycles. The lowest BCUT2D eigenvalue weighted by Gasteiger charge is -2.50. The Morgan fingerprint density at radius 3 is 2.50 bits per heavy atom. The SMILES string of the molecule is Cc1ccc(S(=O)(=O)n2cc(-c3cc(NC4CCC[C@@](C)(O[Si](C)(C)C(C)(C)C)[C@@H]4O)c(F)cn3)c3cc(Cl)ccc32)cc1. The molecule has 44 heavy (non-hydrogen) atoms. The number of nitrogens with one attached hydrogen (secondary N) is 1. The summed E-state index contributed by atoms with van der Waals surface area (Å²) < 4.78 is 50.7. The fourth-order valence-corrected chi connectivity index (χ4v) is 8.93. The number of aryl methyl sites for hydroxylation is 1. The minimum atomic E-state index is -3.96. The Kier molecular flexibility index (Phi) is 8.56. The van der Waals surface area contributed by atoms with Crippen molar-refractivity contribution in [2.24, 2.45) is 0 Å². The zero-order chi connectivity index (χ0) is 32.2. The zero-order valence-corrected chi connectivity index (χ0v) is 28.9. The van der Waals surface area contributed by atoms with E-state index in [1.807, 2.05) is 13.8 Å². The van der Waals surface area contributed by atoms with Gasteiger partial charge in [-0.15, -0.1) is 0 Å². The van der Waals surface area contributed by atoms with Crippen molar-refractivity contribution in [3.05, 3.63) is 77.3 Å². The molecule has 11 heteroatoms. The second-order valence-corrected chi connectivity index (χ2v) is 20.6. The summed E-state index contributed by atoms with van der Waals surface area (Å²) >= 11 is 6.35. The molecule has 4 aromatic rings. The molecule has 7 nitrogen and oxygen atoms in total. The lowest BCUT2D eigenvalue weighted by molar-refractivity contribution is -0.0820. The molecule has 2 aromatic carbocycles. The summed E-state index contributed by atoms with van der Waals surface area (Å²) in [6.45, 7) is 14.7. The first-order chi connectivity index (χ1) is 20.4. The van der Waals surface area contributed by atoms with Crippen LogP contribution in [0.25, 0.3) is 22.2 Å². The third kappa shape index (κ3) is 6.07. The van der Waals surface area contributed by atoms with E-state index in [9.17, 15) is 13.5 Å². The van der Waals surface area contributed by atoms with E-state index in [1.54, 1.807) is 48.5 Å². The van der Waals surface area contributed by atoms with Gasteiger partial charge in [0.1, 0.15) is 6.10 Å². The molecule has 5 rings (SSSR count). The highest BCUT2D eigenvalue weighted by Crippen LogP contribution is 2.44. The predicted molar refractivity (Wildman–Crippen MR) is 178 cm³/mol. The normalized spacial score (nSPS) is 21.5. The Morgan fingerprint density at radius 1 is 1.16 bits per heavy atom. The molecule has 1 aliphatic rings. The van der Waals surface area contributed by atoms with Crippen molar-refractivity contribution in [3.8, 4) is 11.3 Å². The lowest BCUT2D eigenvalue weighted by atomic mass is 9.80. The molecule has 0 saturated heterocycles. The summed E-state index contributed by atoms with van der Waals surface area (Å²) in [7, 11) is -6.15. The lowest BCUT2D eigenvalue weighted by Crippen LogP contribution is -2.59. The summed E-state index contributed by atoms with van der Waals surface area (Å²) in [4.78, 5) is 4.48. The van der Waals surface area contributed by atoms with E-state index in [2.05, 4.69) is 44.2 Å². The molecule has 236 valence electrons. The molecule has 0 aliphatic heterocycles. The van der Waals surface area contributed by atoms with Crippen LogP contribution in [-0.2, 0) is 14.4 Å². The standard InChI is InChI=1S/C33H41ClFN3O4SSi/c1-21-10-13-23(14-11-21)43(40,41)38-20-25(24-17-22(34)12-15-30(24)38)28-18-29(26(35)19-36-28)37-27-9-8-16-33(5,31(27)39)42-44(6,7)32(2,3)4/h10-15,17-20,27,31,39H,8-9,16H2,1-7H3,(H,36,37)/t27?,31-,33-/m1/s1. The van der Waals surface area contributed by atoms with Crippen molar-refractivity contribution in [1.82, 2.24) is 8.96 Å². The van der Waals surface area contributed by atoms with Crippen LogP contribution in [0.1, 0.15) is 52.5 Å². The summed E-state index contributed by atoms with van der Waals surface area (Å²) in [6, 6.07) is 12.7. The Labute approximate surface area is 265 Å². The van der Waals surface area contributed by atoms with Crippen LogP contribution in [0.4, 0.5) is 10.1 Å². The molecule has 2 heterocycles. The molecule has 1 unspecified atom stereocenters. The summed E-state index contributed by atoms with van der Waals surface area (Å²) in [5, 5.41) is 15.8. The quantitative estimate of drug-likeness (QED) is 0.195. The molecule has 2 aromatic heterocycles. The van der Waals surface area contributed by atoms with Crippen LogP contribution in [0.2, 0.25) is 23.2 Å². The van der Waals surface area contributed by atoms with Crippen LogP contribution in [0.15, 0.2) is 65.8 Å². The Bertz CT molecular complexity index is 1800. The van der Waals surface area contributed by atoms with Crippen LogP contribution in [0.3, 0.4) is 0 Å². The van der Waals surface area contributed by atoms with Crippen LogP contribution >= 0.6 is 11.6 Å². The average molecular weight is 658 g/mol. The van der Waals surface area contributed by atoms with Gasteiger partial charge in [-0.3, -0.25) is 4.98 Å². The first-order valence-corrected chi connectivity index (χ1v) is 19.6. The molecular formula is C33H41ClFN3O4SSi. The first kappa shape index (κ1) is 32.6. The summed E-state index contributed by atoms with van der Waals surface area (Å²) in [6.07, 6.45) is 3.89. The van der Waals surface area contributed by atoms with Gasteiger partial charge in [-0.25, -0.2) is 16.8 Å². The van der Waals surface area contributed by atoms with Crippen LogP contribution in [0, 0.1) is 12.7 Å². The number of nitrogens with zero attached hydrogens (tertiary/aromatic N) is 2. The van der Waals surface area contributed by atoms with E-state index >= 15 is 4.39 Å². The van der Waals surface area contributed by atoms with Crippen molar-refractivity contribution in [1.29, 1.82) is 0 Å². The van der Waals surface area contributed by atoms with Crippen LogP contribution in [-0.4, -0.2) is 48.5 Å². The van der Waals surface area contributed by atoms with Gasteiger partial charge < -0.3 is 14.8 Å². The molecule has 2 N–H and O–H groups in total. The maximum Gasteiger partial charge on any atom is 0.268 e. The van der Waals surface area contributed by atoms with Crippen molar-refractivity contribution < 1.29 is 22.3 Å². The van der Waals surface area contributed by atoms with Crippen molar-refractivity contribution in [3.63, 3.8) is 0 Å². The summed E-state index contributed by atoms with van der Waals surface area (Å²) in [5.41, 5.74) is 1.60. The van der Waals surface area contributed by atoms with E-state index in [-0.39, 0.29) is 15.6 Å². The minimum absolute atomic E-state index is 0.0305. The number of hydrogen-bond donors (Lipinski definition) is 2. The highest BCUT2D eigenvalue weighted by Gasteiger charge is 2.49. The van der Waals surface area contributed by atoms with Gasteiger partial charge in [0.2, 0.25) is 0 Å². The number of aromatic nitrogens is 2. The number of pyridine rings is 1. The highest BCUT2D eigenvalue weighted by atomic mass is 35.5. The van der Waals surface area contributed by atoms with E-state index in [0.29, 0.717) is 40.0 Å². The number of aliphatic hydroxyl groups excluding tert-OH is 1. The largest absolute Gasteiger partial charge is 0.409 e. The summed E-state index contributed by atoms with van der Waals surface area (Å²) in [5.74, 6) is -0.576. The van der Waals surface area contributed by atoms with Gasteiger partial charge in [0.15, 0.2) is 14.1 Å². The number of anilines is 1. The Morgan fingerprint density at radius 2 is 1.84 bits per heavy atom. The molecule has 1 saturated carbocycles. The first-order valence-electron chi connectivity index (χ1n) is 14.9. The molecule has 0 spiro atoms. The maximum absolute atomic E-state index is 15.3. The van der Waals surface area contributed by atoms with Gasteiger partial charge in [0.05, 0.1) is 39.6 Å². The van der Waals surface area contributed by atoms with Crippen LogP contribution < -0.4 is 5.32 Å². The molecule has 0 amide bonds. The van der Waals surface area contributed by atoms with Gasteiger partial charge in [0.25, 0.3) is 10.0 Å². The van der Waals surface area contributed by atoms with E-state index in [0.717, 1.165) is 18.2 Å². The molecule has 3 atom stereocenters. The number of halogens is 2. The van der Waals surface area contributed by atoms with Crippen molar-refractivity contribution >= 4 is 46.5 Å². The Hall–Kier alpha value is -2.76.